The van der Waals surface area contributed by atoms with E-state index in [2.05, 4.69) is 6.92 Å². The van der Waals surface area contributed by atoms with Crippen LogP contribution in [0.4, 0.5) is 0 Å². The second kappa shape index (κ2) is 5.22. The topological polar surface area (TPSA) is 46.5 Å². The highest BCUT2D eigenvalue weighted by Crippen LogP contribution is 2.19. The number of ether oxygens (including phenoxy) is 1. The average molecular weight is 186 g/mol. The van der Waals surface area contributed by atoms with Gasteiger partial charge in [0.2, 0.25) is 0 Å². The SMILES string of the molecule is CCCCC1OC(=O)CCCC1O. The molecule has 1 aliphatic rings. The number of hydrogen-bond donors (Lipinski definition) is 1. The summed E-state index contributed by atoms with van der Waals surface area (Å²) in [7, 11) is 0. The third kappa shape index (κ3) is 3.35. The summed E-state index contributed by atoms with van der Waals surface area (Å²) in [6.45, 7) is 2.09. The van der Waals surface area contributed by atoms with E-state index < -0.39 is 6.10 Å². The average Bonchev–Trinajstić information content (AvgIpc) is 2.25. The van der Waals surface area contributed by atoms with E-state index in [0.29, 0.717) is 12.8 Å². The third-order valence-electron chi connectivity index (χ3n) is 2.43. The summed E-state index contributed by atoms with van der Waals surface area (Å²) in [5, 5.41) is 9.62. The molecular weight excluding hydrogens is 168 g/mol. The highest BCUT2D eigenvalue weighted by molar-refractivity contribution is 5.69. The summed E-state index contributed by atoms with van der Waals surface area (Å²) in [6.07, 6.45) is 4.08. The quantitative estimate of drug-likeness (QED) is 0.681. The molecule has 2 atom stereocenters. The molecule has 0 aromatic carbocycles. The number of rotatable bonds is 3. The number of aliphatic hydroxyl groups is 1. The molecule has 13 heavy (non-hydrogen) atoms. The Kier molecular flexibility index (Phi) is 4.22. The van der Waals surface area contributed by atoms with Gasteiger partial charge in [0.25, 0.3) is 0 Å². The van der Waals surface area contributed by atoms with Crippen molar-refractivity contribution in [3.8, 4) is 0 Å². The summed E-state index contributed by atoms with van der Waals surface area (Å²) >= 11 is 0. The van der Waals surface area contributed by atoms with Crippen molar-refractivity contribution in [2.75, 3.05) is 0 Å². The van der Waals surface area contributed by atoms with E-state index in [-0.39, 0.29) is 12.1 Å². The van der Waals surface area contributed by atoms with Gasteiger partial charge >= 0.3 is 5.97 Å². The van der Waals surface area contributed by atoms with E-state index in [9.17, 15) is 9.90 Å². The molecule has 0 spiro atoms. The Morgan fingerprint density at radius 1 is 1.62 bits per heavy atom. The fourth-order valence-electron chi connectivity index (χ4n) is 1.60. The molecule has 0 bridgehead atoms. The van der Waals surface area contributed by atoms with Crippen LogP contribution in [0.5, 0.6) is 0 Å². The number of unbranched alkanes of at least 4 members (excludes halogenated alkanes) is 1. The van der Waals surface area contributed by atoms with Crippen LogP contribution in [0.25, 0.3) is 0 Å². The molecule has 1 rings (SSSR count). The maximum Gasteiger partial charge on any atom is 0.306 e. The first-order valence-corrected chi connectivity index (χ1v) is 5.11. The van der Waals surface area contributed by atoms with Gasteiger partial charge in [0, 0.05) is 6.42 Å². The summed E-state index contributed by atoms with van der Waals surface area (Å²) in [4.78, 5) is 11.1. The minimum atomic E-state index is -0.446. The van der Waals surface area contributed by atoms with Gasteiger partial charge in [-0.3, -0.25) is 4.79 Å². The van der Waals surface area contributed by atoms with Crippen molar-refractivity contribution in [2.45, 2.75) is 57.7 Å². The van der Waals surface area contributed by atoms with E-state index >= 15 is 0 Å². The zero-order valence-corrected chi connectivity index (χ0v) is 8.16. The molecule has 1 fully saturated rings. The summed E-state index contributed by atoms with van der Waals surface area (Å²) in [6, 6.07) is 0. The monoisotopic (exact) mass is 186 g/mol. The normalized spacial score (nSPS) is 29.5. The number of aliphatic hydroxyl groups excluding tert-OH is 1. The maximum atomic E-state index is 11.1. The number of carbonyl (C=O) groups excluding carboxylic acids is 1. The molecule has 0 saturated carbocycles. The Balaban J connectivity index is 2.41. The lowest BCUT2D eigenvalue weighted by molar-refractivity contribution is -0.152. The van der Waals surface area contributed by atoms with Gasteiger partial charge in [-0.2, -0.15) is 0 Å². The van der Waals surface area contributed by atoms with Crippen molar-refractivity contribution < 1.29 is 14.6 Å². The van der Waals surface area contributed by atoms with Crippen molar-refractivity contribution >= 4 is 5.97 Å². The van der Waals surface area contributed by atoms with E-state index in [4.69, 9.17) is 4.74 Å². The van der Waals surface area contributed by atoms with Crippen LogP contribution in [0.2, 0.25) is 0 Å². The Labute approximate surface area is 79.1 Å². The molecule has 1 heterocycles. The van der Waals surface area contributed by atoms with Gasteiger partial charge in [-0.1, -0.05) is 13.3 Å². The molecular formula is C10H18O3. The van der Waals surface area contributed by atoms with Crippen LogP contribution < -0.4 is 0 Å². The fourth-order valence-corrected chi connectivity index (χ4v) is 1.60. The lowest BCUT2D eigenvalue weighted by Crippen LogP contribution is -2.28. The van der Waals surface area contributed by atoms with Gasteiger partial charge in [-0.05, 0) is 25.7 Å². The summed E-state index contributed by atoms with van der Waals surface area (Å²) in [5.41, 5.74) is 0. The minimum Gasteiger partial charge on any atom is -0.460 e. The van der Waals surface area contributed by atoms with Crippen LogP contribution >= 0.6 is 0 Å². The Morgan fingerprint density at radius 3 is 3.08 bits per heavy atom. The van der Waals surface area contributed by atoms with Gasteiger partial charge in [-0.25, -0.2) is 0 Å². The van der Waals surface area contributed by atoms with Crippen LogP contribution in [-0.4, -0.2) is 23.3 Å². The standard InChI is InChI=1S/C10H18O3/c1-2-3-6-9-8(11)5-4-7-10(12)13-9/h8-9,11H,2-7H2,1H3. The highest BCUT2D eigenvalue weighted by Gasteiger charge is 2.25. The highest BCUT2D eigenvalue weighted by atomic mass is 16.6. The van der Waals surface area contributed by atoms with Gasteiger partial charge in [0.15, 0.2) is 0 Å². The largest absolute Gasteiger partial charge is 0.460 e. The Morgan fingerprint density at radius 2 is 2.38 bits per heavy atom. The lowest BCUT2D eigenvalue weighted by Gasteiger charge is -2.19. The Bertz CT molecular complexity index is 168. The predicted molar refractivity (Wildman–Crippen MR) is 49.3 cm³/mol. The summed E-state index contributed by atoms with van der Waals surface area (Å²) < 4.78 is 5.14. The van der Waals surface area contributed by atoms with E-state index in [1.165, 1.54) is 0 Å². The first kappa shape index (κ1) is 10.5. The number of cyclic esters (lactones) is 1. The van der Waals surface area contributed by atoms with E-state index in [1.54, 1.807) is 0 Å². The fraction of sp³-hybridized carbons (Fsp3) is 0.900. The van der Waals surface area contributed by atoms with Crippen LogP contribution in [0.3, 0.4) is 0 Å². The molecule has 0 aromatic heterocycles. The number of carbonyl (C=O) groups is 1. The lowest BCUT2D eigenvalue weighted by atomic mass is 10.0. The molecule has 1 saturated heterocycles. The predicted octanol–water partition coefficient (Wildman–Crippen LogP) is 1.63. The van der Waals surface area contributed by atoms with E-state index in [1.807, 2.05) is 0 Å². The van der Waals surface area contributed by atoms with Crippen molar-refractivity contribution in [1.82, 2.24) is 0 Å². The molecule has 0 amide bonds. The van der Waals surface area contributed by atoms with Crippen LogP contribution in [0.1, 0.15) is 45.4 Å². The van der Waals surface area contributed by atoms with E-state index in [0.717, 1.165) is 25.7 Å². The first-order valence-electron chi connectivity index (χ1n) is 5.11. The van der Waals surface area contributed by atoms with Gasteiger partial charge in [-0.15, -0.1) is 0 Å². The van der Waals surface area contributed by atoms with Crippen molar-refractivity contribution in [3.05, 3.63) is 0 Å². The maximum absolute atomic E-state index is 11.1. The van der Waals surface area contributed by atoms with Crippen LogP contribution in [0.15, 0.2) is 0 Å². The molecule has 76 valence electrons. The number of hydrogen-bond acceptors (Lipinski definition) is 3. The zero-order chi connectivity index (χ0) is 9.68. The second-order valence-electron chi connectivity index (χ2n) is 3.63. The third-order valence-corrected chi connectivity index (χ3v) is 2.43. The van der Waals surface area contributed by atoms with Crippen LogP contribution in [0, 0.1) is 0 Å². The van der Waals surface area contributed by atoms with Gasteiger partial charge in [0.1, 0.15) is 6.10 Å². The second-order valence-corrected chi connectivity index (χ2v) is 3.63. The molecule has 2 unspecified atom stereocenters. The molecule has 3 nitrogen and oxygen atoms in total. The Hall–Kier alpha value is -0.570. The first-order chi connectivity index (χ1) is 6.24. The molecule has 1 aliphatic heterocycles. The molecule has 0 aromatic rings. The van der Waals surface area contributed by atoms with Crippen molar-refractivity contribution in [3.63, 3.8) is 0 Å². The molecule has 0 radical (unpaired) electrons. The molecule has 1 N–H and O–H groups in total. The molecule has 3 heteroatoms. The van der Waals surface area contributed by atoms with Gasteiger partial charge in [0.05, 0.1) is 6.10 Å². The van der Waals surface area contributed by atoms with Crippen molar-refractivity contribution in [2.24, 2.45) is 0 Å². The van der Waals surface area contributed by atoms with Gasteiger partial charge < -0.3 is 9.84 Å². The number of esters is 1. The summed E-state index contributed by atoms with van der Waals surface area (Å²) in [5.74, 6) is -0.155. The van der Waals surface area contributed by atoms with Crippen molar-refractivity contribution in [1.29, 1.82) is 0 Å². The zero-order valence-electron chi connectivity index (χ0n) is 8.16. The van der Waals surface area contributed by atoms with Crippen LogP contribution in [-0.2, 0) is 9.53 Å². The molecule has 0 aliphatic carbocycles. The minimum absolute atomic E-state index is 0.155. The smallest absolute Gasteiger partial charge is 0.306 e.